The maximum Gasteiger partial charge on any atom is 0.253 e. The minimum atomic E-state index is -0.297. The van der Waals surface area contributed by atoms with E-state index in [0.717, 1.165) is 17.1 Å². The summed E-state index contributed by atoms with van der Waals surface area (Å²) in [5.74, 6) is 3.12. The molecule has 1 aliphatic heterocycles. The molecular weight excluding hydrogens is 500 g/mol. The van der Waals surface area contributed by atoms with Crippen LogP contribution in [0.25, 0.3) is 11.3 Å². The van der Waals surface area contributed by atoms with E-state index in [1.165, 1.54) is 14.2 Å². The Morgan fingerprint density at radius 1 is 0.923 bits per heavy atom. The molecule has 0 saturated carbocycles. The van der Waals surface area contributed by atoms with Crippen molar-refractivity contribution in [2.45, 2.75) is 6.54 Å². The van der Waals surface area contributed by atoms with Crippen LogP contribution in [0.1, 0.15) is 15.9 Å². The van der Waals surface area contributed by atoms with Gasteiger partial charge in [-0.3, -0.25) is 4.79 Å². The number of rotatable bonds is 11. The van der Waals surface area contributed by atoms with Gasteiger partial charge in [-0.2, -0.15) is 4.98 Å². The third kappa shape index (κ3) is 6.12. The standard InChI is InChI=1S/C29H28N4O6/c1-35-26-13-10-22(29(33-26)36-2)27-21(28(34)30-14-15-37-20-6-4-3-5-7-20)9-12-25(32-27)31-17-19-8-11-23-24(16-19)39-18-38-23/h3-13,16H,14-15,17-18H2,1-2H3,(H,30,34)(H,31,32). The summed E-state index contributed by atoms with van der Waals surface area (Å²) in [6, 6.07) is 22.1. The lowest BCUT2D eigenvalue weighted by molar-refractivity contribution is 0.0947. The Labute approximate surface area is 225 Å². The van der Waals surface area contributed by atoms with E-state index in [4.69, 9.17) is 28.7 Å². The van der Waals surface area contributed by atoms with Crippen LogP contribution < -0.4 is 34.3 Å². The van der Waals surface area contributed by atoms with Crippen molar-refractivity contribution in [1.29, 1.82) is 0 Å². The molecule has 39 heavy (non-hydrogen) atoms. The van der Waals surface area contributed by atoms with Gasteiger partial charge < -0.3 is 34.3 Å². The smallest absolute Gasteiger partial charge is 0.253 e. The Morgan fingerprint density at radius 3 is 2.59 bits per heavy atom. The van der Waals surface area contributed by atoms with Gasteiger partial charge in [0.1, 0.15) is 18.2 Å². The molecule has 1 amide bonds. The number of amides is 1. The van der Waals surface area contributed by atoms with Crippen molar-refractivity contribution in [2.24, 2.45) is 0 Å². The van der Waals surface area contributed by atoms with Crippen LogP contribution in [-0.4, -0.2) is 50.0 Å². The number of carbonyl (C=O) groups is 1. The highest BCUT2D eigenvalue weighted by molar-refractivity contribution is 6.00. The van der Waals surface area contributed by atoms with Crippen LogP contribution in [0.2, 0.25) is 0 Å². The van der Waals surface area contributed by atoms with Crippen molar-refractivity contribution >= 4 is 11.7 Å². The lowest BCUT2D eigenvalue weighted by Crippen LogP contribution is -2.28. The van der Waals surface area contributed by atoms with Crippen LogP contribution in [0.4, 0.5) is 5.82 Å². The summed E-state index contributed by atoms with van der Waals surface area (Å²) in [6.07, 6.45) is 0. The van der Waals surface area contributed by atoms with Gasteiger partial charge in [0.15, 0.2) is 11.5 Å². The highest BCUT2D eigenvalue weighted by Gasteiger charge is 2.20. The van der Waals surface area contributed by atoms with Crippen LogP contribution in [0.5, 0.6) is 29.0 Å². The molecule has 4 aromatic rings. The van der Waals surface area contributed by atoms with Gasteiger partial charge in [-0.25, -0.2) is 4.98 Å². The quantitative estimate of drug-likeness (QED) is 0.275. The van der Waals surface area contributed by atoms with Crippen LogP contribution in [0, 0.1) is 0 Å². The number of pyridine rings is 2. The first kappa shape index (κ1) is 25.7. The molecule has 0 unspecified atom stereocenters. The molecule has 0 aliphatic carbocycles. The number of benzene rings is 2. The molecule has 0 bridgehead atoms. The van der Waals surface area contributed by atoms with E-state index < -0.39 is 0 Å². The summed E-state index contributed by atoms with van der Waals surface area (Å²) in [5.41, 5.74) is 2.33. The van der Waals surface area contributed by atoms with Crippen molar-refractivity contribution in [3.63, 3.8) is 0 Å². The summed E-state index contributed by atoms with van der Waals surface area (Å²) in [6.45, 7) is 1.34. The second-order valence-corrected chi connectivity index (χ2v) is 8.46. The van der Waals surface area contributed by atoms with Gasteiger partial charge in [-0.05, 0) is 48.0 Å². The zero-order chi connectivity index (χ0) is 27.0. The van der Waals surface area contributed by atoms with Crippen LogP contribution in [0.15, 0.2) is 72.8 Å². The highest BCUT2D eigenvalue weighted by atomic mass is 16.7. The number of hydrogen-bond donors (Lipinski definition) is 2. The van der Waals surface area contributed by atoms with Crippen molar-refractivity contribution in [2.75, 3.05) is 39.5 Å². The fourth-order valence-corrected chi connectivity index (χ4v) is 4.01. The molecule has 2 N–H and O–H groups in total. The number of fused-ring (bicyclic) bond motifs is 1. The molecule has 2 aromatic heterocycles. The largest absolute Gasteiger partial charge is 0.492 e. The zero-order valence-electron chi connectivity index (χ0n) is 21.6. The average Bonchev–Trinajstić information content (AvgIpc) is 3.46. The average molecular weight is 529 g/mol. The number of nitrogens with one attached hydrogen (secondary N) is 2. The van der Waals surface area contributed by atoms with Crippen LogP contribution >= 0.6 is 0 Å². The number of anilines is 1. The monoisotopic (exact) mass is 528 g/mol. The van der Waals surface area contributed by atoms with E-state index in [0.29, 0.717) is 54.0 Å². The van der Waals surface area contributed by atoms with Crippen molar-refractivity contribution in [1.82, 2.24) is 15.3 Å². The molecule has 10 heteroatoms. The third-order valence-corrected chi connectivity index (χ3v) is 5.94. The van der Waals surface area contributed by atoms with Gasteiger partial charge in [-0.1, -0.05) is 24.3 Å². The molecule has 0 atom stereocenters. The molecule has 1 aliphatic rings. The fraction of sp³-hybridized carbons (Fsp3) is 0.207. The number of aromatic nitrogens is 2. The minimum Gasteiger partial charge on any atom is -0.492 e. The second-order valence-electron chi connectivity index (χ2n) is 8.46. The Hall–Kier alpha value is -4.99. The van der Waals surface area contributed by atoms with Crippen molar-refractivity contribution < 1.29 is 28.5 Å². The number of hydrogen-bond acceptors (Lipinski definition) is 9. The second kappa shape index (κ2) is 12.0. The Balaban J connectivity index is 1.36. The highest BCUT2D eigenvalue weighted by Crippen LogP contribution is 2.34. The first-order chi connectivity index (χ1) is 19.1. The van der Waals surface area contributed by atoms with E-state index in [-0.39, 0.29) is 18.6 Å². The van der Waals surface area contributed by atoms with Gasteiger partial charge >= 0.3 is 0 Å². The number of methoxy groups -OCH3 is 2. The van der Waals surface area contributed by atoms with Crippen LogP contribution in [-0.2, 0) is 6.54 Å². The molecule has 0 saturated heterocycles. The zero-order valence-corrected chi connectivity index (χ0v) is 21.6. The number of nitrogens with zero attached hydrogens (tertiary/aromatic N) is 2. The molecule has 10 nitrogen and oxygen atoms in total. The predicted molar refractivity (Wildman–Crippen MR) is 145 cm³/mol. The van der Waals surface area contributed by atoms with Gasteiger partial charge in [0.2, 0.25) is 18.6 Å². The maximum absolute atomic E-state index is 13.2. The van der Waals surface area contributed by atoms with Gasteiger partial charge in [0.25, 0.3) is 5.91 Å². The number of ether oxygens (including phenoxy) is 5. The topological polar surface area (TPSA) is 113 Å². The summed E-state index contributed by atoms with van der Waals surface area (Å²) >= 11 is 0. The first-order valence-electron chi connectivity index (χ1n) is 12.3. The van der Waals surface area contributed by atoms with Crippen molar-refractivity contribution in [3.8, 4) is 40.3 Å². The molecule has 3 heterocycles. The Bertz CT molecular complexity index is 1450. The van der Waals surface area contributed by atoms with E-state index in [1.54, 1.807) is 24.3 Å². The molecule has 0 spiro atoms. The number of para-hydroxylation sites is 1. The van der Waals surface area contributed by atoms with Crippen molar-refractivity contribution in [3.05, 3.63) is 83.9 Å². The SMILES string of the molecule is COc1ccc(-c2nc(NCc3ccc4c(c3)OCO4)ccc2C(=O)NCCOc2ccccc2)c(OC)n1. The predicted octanol–water partition coefficient (Wildman–Crippen LogP) is 4.31. The summed E-state index contributed by atoms with van der Waals surface area (Å²) < 4.78 is 27.3. The van der Waals surface area contributed by atoms with Gasteiger partial charge in [0.05, 0.1) is 37.6 Å². The van der Waals surface area contributed by atoms with E-state index in [2.05, 4.69) is 15.6 Å². The van der Waals surface area contributed by atoms with E-state index in [1.807, 2.05) is 48.5 Å². The Morgan fingerprint density at radius 2 is 1.77 bits per heavy atom. The molecule has 200 valence electrons. The molecule has 0 radical (unpaired) electrons. The molecule has 5 rings (SSSR count). The molecular formula is C29H28N4O6. The van der Waals surface area contributed by atoms with Gasteiger partial charge in [-0.15, -0.1) is 0 Å². The summed E-state index contributed by atoms with van der Waals surface area (Å²) in [5, 5.41) is 6.22. The van der Waals surface area contributed by atoms with Crippen LogP contribution in [0.3, 0.4) is 0 Å². The summed E-state index contributed by atoms with van der Waals surface area (Å²) in [4.78, 5) is 22.4. The maximum atomic E-state index is 13.2. The molecule has 0 fully saturated rings. The normalized spacial score (nSPS) is 11.5. The van der Waals surface area contributed by atoms with E-state index in [9.17, 15) is 4.79 Å². The lowest BCUT2D eigenvalue weighted by atomic mass is 10.1. The first-order valence-corrected chi connectivity index (χ1v) is 12.3. The third-order valence-electron chi connectivity index (χ3n) is 5.94. The lowest BCUT2D eigenvalue weighted by Gasteiger charge is -2.15. The summed E-state index contributed by atoms with van der Waals surface area (Å²) in [7, 11) is 3.03. The number of carbonyl (C=O) groups excluding carboxylic acids is 1. The molecule has 2 aromatic carbocycles. The minimum absolute atomic E-state index is 0.219. The van der Waals surface area contributed by atoms with E-state index >= 15 is 0 Å². The van der Waals surface area contributed by atoms with Gasteiger partial charge in [0, 0.05) is 12.6 Å². The fourth-order valence-electron chi connectivity index (χ4n) is 4.01. The Kier molecular flexibility index (Phi) is 7.92.